The second-order valence-electron chi connectivity index (χ2n) is 5.48. The zero-order chi connectivity index (χ0) is 14.8. The van der Waals surface area contributed by atoms with Gasteiger partial charge < -0.3 is 20.4 Å². The summed E-state index contributed by atoms with van der Waals surface area (Å²) < 4.78 is 11.8. The maximum atomic E-state index is 6.12. The van der Waals surface area contributed by atoms with Crippen molar-refractivity contribution >= 4 is 18.7 Å². The molecule has 0 aromatic carbocycles. The molecule has 1 aliphatic rings. The van der Waals surface area contributed by atoms with Gasteiger partial charge in [-0.25, -0.2) is 0 Å². The molecular weight excluding hydrogens is 262 g/mol. The van der Waals surface area contributed by atoms with Crippen LogP contribution in [0.1, 0.15) is 27.7 Å². The largest absolute Gasteiger partial charge is 0.496 e. The Morgan fingerprint density at radius 3 is 2.11 bits per heavy atom. The van der Waals surface area contributed by atoms with Crippen molar-refractivity contribution in [2.24, 2.45) is 5.73 Å². The van der Waals surface area contributed by atoms with Gasteiger partial charge in [0.05, 0.1) is 16.2 Å². The minimum Gasteiger partial charge on any atom is -0.405 e. The number of nitrogens with one attached hydrogen (secondary N) is 1. The first-order valence-electron chi connectivity index (χ1n) is 6.16. The van der Waals surface area contributed by atoms with Crippen LogP contribution in [0.25, 0.3) is 0 Å². The van der Waals surface area contributed by atoms with Crippen molar-refractivity contribution in [1.29, 1.82) is 0 Å². The van der Waals surface area contributed by atoms with Crippen molar-refractivity contribution in [2.75, 3.05) is 7.05 Å². The Kier molecular flexibility index (Phi) is 4.77. The maximum Gasteiger partial charge on any atom is 0.496 e. The molecule has 6 heteroatoms. The molecule has 1 rings (SSSR count). The van der Waals surface area contributed by atoms with Crippen LogP contribution in [0.2, 0.25) is 0 Å². The SMILES string of the molecule is C=C(NC)/C(Cl)=C\C(=C/N)B1OC(C)(C)C(C)(C)O1. The Morgan fingerprint density at radius 1 is 1.26 bits per heavy atom. The minimum atomic E-state index is -0.534. The molecule has 1 aliphatic heterocycles. The molecule has 0 unspecified atom stereocenters. The normalized spacial score (nSPS) is 22.5. The summed E-state index contributed by atoms with van der Waals surface area (Å²) in [6.07, 6.45) is 3.13. The fraction of sp³-hybridized carbons (Fsp3) is 0.538. The summed E-state index contributed by atoms with van der Waals surface area (Å²) in [7, 11) is 1.22. The summed E-state index contributed by atoms with van der Waals surface area (Å²) in [5.41, 5.74) is 6.10. The first-order chi connectivity index (χ1) is 8.64. The third kappa shape index (κ3) is 3.35. The monoisotopic (exact) mass is 284 g/mol. The summed E-state index contributed by atoms with van der Waals surface area (Å²) in [4.78, 5) is 0. The average molecular weight is 285 g/mol. The highest BCUT2D eigenvalue weighted by Crippen LogP contribution is 2.38. The number of halogens is 1. The maximum absolute atomic E-state index is 6.12. The molecule has 0 aliphatic carbocycles. The van der Waals surface area contributed by atoms with Gasteiger partial charge in [0, 0.05) is 12.7 Å². The molecule has 1 heterocycles. The molecule has 1 saturated heterocycles. The highest BCUT2D eigenvalue weighted by atomic mass is 35.5. The predicted octanol–water partition coefficient (Wildman–Crippen LogP) is 2.32. The van der Waals surface area contributed by atoms with Crippen molar-refractivity contribution in [2.45, 2.75) is 38.9 Å². The van der Waals surface area contributed by atoms with E-state index in [9.17, 15) is 0 Å². The number of hydrogen-bond acceptors (Lipinski definition) is 4. The van der Waals surface area contributed by atoms with E-state index in [1.807, 2.05) is 27.7 Å². The van der Waals surface area contributed by atoms with Gasteiger partial charge in [-0.3, -0.25) is 0 Å². The zero-order valence-electron chi connectivity index (χ0n) is 12.2. The van der Waals surface area contributed by atoms with Gasteiger partial charge in [0.15, 0.2) is 0 Å². The van der Waals surface area contributed by atoms with E-state index in [0.717, 1.165) is 0 Å². The van der Waals surface area contributed by atoms with Crippen molar-refractivity contribution in [3.8, 4) is 0 Å². The van der Waals surface area contributed by atoms with Gasteiger partial charge >= 0.3 is 7.12 Å². The minimum absolute atomic E-state index is 0.410. The molecule has 0 atom stereocenters. The summed E-state index contributed by atoms with van der Waals surface area (Å²) in [6.45, 7) is 11.7. The predicted molar refractivity (Wildman–Crippen MR) is 80.5 cm³/mol. The smallest absolute Gasteiger partial charge is 0.405 e. The molecule has 0 saturated carbocycles. The van der Waals surface area contributed by atoms with E-state index in [0.29, 0.717) is 16.2 Å². The topological polar surface area (TPSA) is 56.5 Å². The van der Waals surface area contributed by atoms with Gasteiger partial charge in [0.1, 0.15) is 0 Å². The van der Waals surface area contributed by atoms with Gasteiger partial charge in [0.25, 0.3) is 0 Å². The van der Waals surface area contributed by atoms with Gasteiger partial charge in [-0.2, -0.15) is 0 Å². The number of hydrogen-bond donors (Lipinski definition) is 2. The first-order valence-corrected chi connectivity index (χ1v) is 6.54. The zero-order valence-corrected chi connectivity index (χ0v) is 13.0. The molecule has 3 N–H and O–H groups in total. The van der Waals surface area contributed by atoms with E-state index < -0.39 is 18.3 Å². The second-order valence-corrected chi connectivity index (χ2v) is 5.88. The van der Waals surface area contributed by atoms with Crippen LogP contribution in [-0.4, -0.2) is 25.4 Å². The Bertz CT molecular complexity index is 414. The first kappa shape index (κ1) is 16.2. The molecule has 4 nitrogen and oxygen atoms in total. The molecule has 19 heavy (non-hydrogen) atoms. The van der Waals surface area contributed by atoms with Gasteiger partial charge in [0.2, 0.25) is 0 Å². The van der Waals surface area contributed by atoms with E-state index in [1.54, 1.807) is 13.1 Å². The summed E-state index contributed by atoms with van der Waals surface area (Å²) in [5.74, 6) is 0. The third-order valence-corrected chi connectivity index (χ3v) is 3.94. The summed E-state index contributed by atoms with van der Waals surface area (Å²) >= 11 is 6.12. The van der Waals surface area contributed by atoms with Crippen LogP contribution in [0.3, 0.4) is 0 Å². The lowest BCUT2D eigenvalue weighted by Gasteiger charge is -2.32. The molecule has 0 bridgehead atoms. The standard InChI is InChI=1S/C13H22BClN2O2/c1-9(17-6)11(15)7-10(8-16)14-18-12(2,3)13(4,5)19-14/h7-8,17H,1,16H2,2-6H3/b10-8+,11-7+. The molecular formula is C13H22BClN2O2. The Balaban J connectivity index is 2.94. The summed E-state index contributed by atoms with van der Waals surface area (Å²) in [6, 6.07) is 0. The molecule has 0 aromatic heterocycles. The van der Waals surface area contributed by atoms with Gasteiger partial charge in [-0.1, -0.05) is 18.2 Å². The van der Waals surface area contributed by atoms with Crippen molar-refractivity contribution < 1.29 is 9.31 Å². The fourth-order valence-corrected chi connectivity index (χ4v) is 1.75. The van der Waals surface area contributed by atoms with Crippen LogP contribution < -0.4 is 11.1 Å². The Hall–Kier alpha value is -0.905. The lowest BCUT2D eigenvalue weighted by Crippen LogP contribution is -2.41. The van der Waals surface area contributed by atoms with Crippen molar-refractivity contribution in [3.63, 3.8) is 0 Å². The number of nitrogens with two attached hydrogens (primary N) is 1. The fourth-order valence-electron chi connectivity index (χ4n) is 1.53. The molecule has 1 fully saturated rings. The van der Waals surface area contributed by atoms with E-state index in [2.05, 4.69) is 11.9 Å². The van der Waals surface area contributed by atoms with Crippen LogP contribution in [0.15, 0.2) is 35.1 Å². The lowest BCUT2D eigenvalue weighted by molar-refractivity contribution is 0.00578. The van der Waals surface area contributed by atoms with E-state index in [4.69, 9.17) is 26.6 Å². The van der Waals surface area contributed by atoms with Crippen LogP contribution >= 0.6 is 11.6 Å². The van der Waals surface area contributed by atoms with Crippen LogP contribution in [0.4, 0.5) is 0 Å². The number of likely N-dealkylation sites (N-methyl/N-ethyl adjacent to an activating group) is 1. The van der Waals surface area contributed by atoms with Gasteiger partial charge in [-0.05, 0) is 45.4 Å². The second kappa shape index (κ2) is 5.61. The molecule has 0 aromatic rings. The van der Waals surface area contributed by atoms with Crippen LogP contribution in [0, 0.1) is 0 Å². The highest BCUT2D eigenvalue weighted by molar-refractivity contribution is 6.56. The molecule has 0 radical (unpaired) electrons. The van der Waals surface area contributed by atoms with Crippen LogP contribution in [0.5, 0.6) is 0 Å². The lowest BCUT2D eigenvalue weighted by atomic mass is 9.78. The summed E-state index contributed by atoms with van der Waals surface area (Å²) in [5, 5.41) is 3.34. The van der Waals surface area contributed by atoms with E-state index in [-0.39, 0.29) is 0 Å². The number of allylic oxidation sites excluding steroid dienone is 3. The van der Waals surface area contributed by atoms with E-state index in [1.165, 1.54) is 6.20 Å². The van der Waals surface area contributed by atoms with Crippen LogP contribution in [-0.2, 0) is 9.31 Å². The van der Waals surface area contributed by atoms with Gasteiger partial charge in [-0.15, -0.1) is 0 Å². The number of rotatable bonds is 4. The van der Waals surface area contributed by atoms with E-state index >= 15 is 0 Å². The molecule has 0 spiro atoms. The average Bonchev–Trinajstić information content (AvgIpc) is 2.53. The Morgan fingerprint density at radius 2 is 1.74 bits per heavy atom. The third-order valence-electron chi connectivity index (χ3n) is 3.60. The highest BCUT2D eigenvalue weighted by Gasteiger charge is 2.52. The Labute approximate surface area is 120 Å². The molecule has 106 valence electrons. The van der Waals surface area contributed by atoms with Crippen molar-refractivity contribution in [1.82, 2.24) is 5.32 Å². The molecule has 0 amide bonds. The van der Waals surface area contributed by atoms with Crippen molar-refractivity contribution in [3.05, 3.63) is 35.1 Å². The quantitative estimate of drug-likeness (QED) is 0.614.